The number of nitriles is 1. The molecular weight excluding hydrogens is 172 g/mol. The Morgan fingerprint density at radius 3 is 2.93 bits per heavy atom. The van der Waals surface area contributed by atoms with Gasteiger partial charge in [-0.2, -0.15) is 5.26 Å². The van der Waals surface area contributed by atoms with Crippen molar-refractivity contribution in [3.63, 3.8) is 0 Å². The molecule has 2 aromatic rings. The SMILES string of the molecule is N#C/C=C/c1cncc2ccccc12. The van der Waals surface area contributed by atoms with Gasteiger partial charge in [-0.05, 0) is 11.5 Å². The van der Waals surface area contributed by atoms with E-state index in [1.54, 1.807) is 12.3 Å². The summed E-state index contributed by atoms with van der Waals surface area (Å²) in [6, 6.07) is 9.95. The summed E-state index contributed by atoms with van der Waals surface area (Å²) in [5.74, 6) is 0. The van der Waals surface area contributed by atoms with Crippen molar-refractivity contribution in [3.8, 4) is 6.07 Å². The summed E-state index contributed by atoms with van der Waals surface area (Å²) in [7, 11) is 0. The molecule has 0 spiro atoms. The predicted octanol–water partition coefficient (Wildman–Crippen LogP) is 2.77. The fraction of sp³-hybridized carbons (Fsp3) is 0. The van der Waals surface area contributed by atoms with Gasteiger partial charge in [-0.3, -0.25) is 4.98 Å². The lowest BCUT2D eigenvalue weighted by molar-refractivity contribution is 1.35. The van der Waals surface area contributed by atoms with E-state index in [9.17, 15) is 0 Å². The second-order valence-corrected chi connectivity index (χ2v) is 2.91. The number of allylic oxidation sites excluding steroid dienone is 1. The molecule has 0 bridgehead atoms. The molecule has 1 heterocycles. The van der Waals surface area contributed by atoms with E-state index in [1.807, 2.05) is 36.5 Å². The first-order valence-corrected chi connectivity index (χ1v) is 4.31. The molecular formula is C12H8N2. The third kappa shape index (κ3) is 1.48. The minimum absolute atomic E-state index is 0.977. The van der Waals surface area contributed by atoms with Gasteiger partial charge in [0.1, 0.15) is 0 Å². The number of nitrogens with zero attached hydrogens (tertiary/aromatic N) is 2. The minimum atomic E-state index is 0.977. The van der Waals surface area contributed by atoms with E-state index < -0.39 is 0 Å². The van der Waals surface area contributed by atoms with Crippen LogP contribution in [0.4, 0.5) is 0 Å². The summed E-state index contributed by atoms with van der Waals surface area (Å²) in [5, 5.41) is 10.7. The van der Waals surface area contributed by atoms with Crippen molar-refractivity contribution in [1.82, 2.24) is 4.98 Å². The maximum atomic E-state index is 8.44. The Kier molecular flexibility index (Phi) is 2.24. The Labute approximate surface area is 82.1 Å². The highest BCUT2D eigenvalue weighted by molar-refractivity contribution is 5.89. The van der Waals surface area contributed by atoms with Gasteiger partial charge in [0.2, 0.25) is 0 Å². The van der Waals surface area contributed by atoms with Crippen LogP contribution in [0.1, 0.15) is 5.56 Å². The molecule has 0 N–H and O–H groups in total. The predicted molar refractivity (Wildman–Crippen MR) is 56.4 cm³/mol. The minimum Gasteiger partial charge on any atom is -0.263 e. The smallest absolute Gasteiger partial charge is 0.0912 e. The molecule has 2 rings (SSSR count). The van der Waals surface area contributed by atoms with Gasteiger partial charge in [0.05, 0.1) is 6.07 Å². The second kappa shape index (κ2) is 3.71. The van der Waals surface area contributed by atoms with Crippen LogP contribution < -0.4 is 0 Å². The number of benzene rings is 1. The van der Waals surface area contributed by atoms with Crippen molar-refractivity contribution < 1.29 is 0 Å². The molecule has 14 heavy (non-hydrogen) atoms. The Bertz CT molecular complexity index is 516. The molecule has 0 saturated heterocycles. The van der Waals surface area contributed by atoms with Crippen molar-refractivity contribution >= 4 is 16.8 Å². The van der Waals surface area contributed by atoms with Gasteiger partial charge in [-0.15, -0.1) is 0 Å². The lowest BCUT2D eigenvalue weighted by Gasteiger charge is -1.99. The summed E-state index contributed by atoms with van der Waals surface area (Å²) < 4.78 is 0. The standard InChI is InChI=1S/C12H8N2/c13-7-3-5-11-9-14-8-10-4-1-2-6-12(10)11/h1-6,8-9H/b5-3+. The molecule has 1 aromatic carbocycles. The molecule has 0 aliphatic heterocycles. The number of hydrogen-bond donors (Lipinski definition) is 0. The van der Waals surface area contributed by atoms with Gasteiger partial charge >= 0.3 is 0 Å². The van der Waals surface area contributed by atoms with Crippen molar-refractivity contribution in [2.45, 2.75) is 0 Å². The Hall–Kier alpha value is -2.14. The van der Waals surface area contributed by atoms with Crippen LogP contribution in [-0.2, 0) is 0 Å². The molecule has 0 amide bonds. The molecule has 0 fully saturated rings. The average Bonchev–Trinajstić information content (AvgIpc) is 2.26. The van der Waals surface area contributed by atoms with Crippen molar-refractivity contribution in [2.24, 2.45) is 0 Å². The average molecular weight is 180 g/mol. The van der Waals surface area contributed by atoms with E-state index in [1.165, 1.54) is 6.08 Å². The third-order valence-corrected chi connectivity index (χ3v) is 2.04. The third-order valence-electron chi connectivity index (χ3n) is 2.04. The van der Waals surface area contributed by atoms with Gasteiger partial charge in [-0.25, -0.2) is 0 Å². The van der Waals surface area contributed by atoms with Crippen molar-refractivity contribution in [1.29, 1.82) is 5.26 Å². The molecule has 0 unspecified atom stereocenters. The summed E-state index contributed by atoms with van der Waals surface area (Å²) in [5.41, 5.74) is 0.977. The summed E-state index contributed by atoms with van der Waals surface area (Å²) in [4.78, 5) is 4.11. The largest absolute Gasteiger partial charge is 0.263 e. The Morgan fingerprint density at radius 2 is 2.07 bits per heavy atom. The van der Waals surface area contributed by atoms with E-state index in [0.717, 1.165) is 16.3 Å². The molecule has 0 radical (unpaired) electrons. The van der Waals surface area contributed by atoms with E-state index in [2.05, 4.69) is 4.98 Å². The zero-order chi connectivity index (χ0) is 9.80. The van der Waals surface area contributed by atoms with Gasteiger partial charge in [0.25, 0.3) is 0 Å². The first-order chi connectivity index (χ1) is 6.92. The van der Waals surface area contributed by atoms with Crippen molar-refractivity contribution in [2.75, 3.05) is 0 Å². The number of rotatable bonds is 1. The maximum absolute atomic E-state index is 8.44. The van der Waals surface area contributed by atoms with E-state index >= 15 is 0 Å². The quantitative estimate of drug-likeness (QED) is 0.633. The topological polar surface area (TPSA) is 36.7 Å². The van der Waals surface area contributed by atoms with Crippen molar-refractivity contribution in [3.05, 3.63) is 48.3 Å². The second-order valence-electron chi connectivity index (χ2n) is 2.91. The summed E-state index contributed by atoms with van der Waals surface area (Å²) >= 11 is 0. The highest BCUT2D eigenvalue weighted by atomic mass is 14.6. The molecule has 0 aliphatic rings. The molecule has 1 aromatic heterocycles. The van der Waals surface area contributed by atoms with Gasteiger partial charge in [0, 0.05) is 29.4 Å². The number of hydrogen-bond acceptors (Lipinski definition) is 2. The highest BCUT2D eigenvalue weighted by Gasteiger charge is 1.96. The number of fused-ring (bicyclic) bond motifs is 1. The summed E-state index contributed by atoms with van der Waals surface area (Å²) in [6.07, 6.45) is 6.81. The van der Waals surface area contributed by atoms with Crippen LogP contribution in [0.2, 0.25) is 0 Å². The van der Waals surface area contributed by atoms with Crippen LogP contribution in [0.15, 0.2) is 42.7 Å². The zero-order valence-electron chi connectivity index (χ0n) is 7.51. The van der Waals surface area contributed by atoms with E-state index in [4.69, 9.17) is 5.26 Å². The van der Waals surface area contributed by atoms with Crippen LogP contribution in [0, 0.1) is 11.3 Å². The number of pyridine rings is 1. The molecule has 66 valence electrons. The fourth-order valence-corrected chi connectivity index (χ4v) is 1.40. The van der Waals surface area contributed by atoms with Crippen LogP contribution >= 0.6 is 0 Å². The molecule has 2 nitrogen and oxygen atoms in total. The van der Waals surface area contributed by atoms with Crippen LogP contribution in [0.5, 0.6) is 0 Å². The lowest BCUT2D eigenvalue weighted by Crippen LogP contribution is -1.80. The van der Waals surface area contributed by atoms with Crippen LogP contribution in [-0.4, -0.2) is 4.98 Å². The fourth-order valence-electron chi connectivity index (χ4n) is 1.40. The highest BCUT2D eigenvalue weighted by Crippen LogP contribution is 2.17. The van der Waals surface area contributed by atoms with E-state index in [0.29, 0.717) is 0 Å². The Balaban J connectivity index is 2.66. The van der Waals surface area contributed by atoms with Gasteiger partial charge < -0.3 is 0 Å². The van der Waals surface area contributed by atoms with Gasteiger partial charge in [0.15, 0.2) is 0 Å². The molecule has 0 atom stereocenters. The Morgan fingerprint density at radius 1 is 1.21 bits per heavy atom. The molecule has 0 saturated carbocycles. The maximum Gasteiger partial charge on any atom is 0.0912 e. The normalized spacial score (nSPS) is 10.5. The first kappa shape index (κ1) is 8.46. The summed E-state index contributed by atoms with van der Waals surface area (Å²) in [6.45, 7) is 0. The monoisotopic (exact) mass is 180 g/mol. The molecule has 2 heteroatoms. The van der Waals surface area contributed by atoms with Crippen LogP contribution in [0.25, 0.3) is 16.8 Å². The first-order valence-electron chi connectivity index (χ1n) is 4.31. The lowest BCUT2D eigenvalue weighted by atomic mass is 10.1. The van der Waals surface area contributed by atoms with E-state index in [-0.39, 0.29) is 0 Å². The number of aromatic nitrogens is 1. The van der Waals surface area contributed by atoms with Crippen LogP contribution in [0.3, 0.4) is 0 Å². The zero-order valence-corrected chi connectivity index (χ0v) is 7.51. The molecule has 0 aliphatic carbocycles. The van der Waals surface area contributed by atoms with Gasteiger partial charge in [-0.1, -0.05) is 24.3 Å².